The molecule has 0 aliphatic heterocycles. The highest BCUT2D eigenvalue weighted by molar-refractivity contribution is 5.92. The fourth-order valence-electron chi connectivity index (χ4n) is 4.56. The molecule has 0 amide bonds. The Morgan fingerprint density at radius 1 is 0.489 bits per heavy atom. The van der Waals surface area contributed by atoms with Gasteiger partial charge in [-0.25, -0.2) is 9.59 Å². The van der Waals surface area contributed by atoms with Crippen molar-refractivity contribution in [3.8, 4) is 23.0 Å². The van der Waals surface area contributed by atoms with E-state index in [-0.39, 0.29) is 0 Å². The van der Waals surface area contributed by atoms with Gasteiger partial charge in [0.25, 0.3) is 0 Å². The molecule has 0 unspecified atom stereocenters. The van der Waals surface area contributed by atoms with Crippen LogP contribution in [0.3, 0.4) is 0 Å². The number of nitrogens with zero attached hydrogens (tertiary/aromatic N) is 2. The van der Waals surface area contributed by atoms with Gasteiger partial charge >= 0.3 is 11.9 Å². The quantitative estimate of drug-likeness (QED) is 0.0472. The molecule has 0 fully saturated rings. The smallest absolute Gasteiger partial charge is 0.343 e. The average Bonchev–Trinajstić information content (AvgIpc) is 3.09. The SMILES string of the molecule is CCOc1ccc(C(=O)Oc2ccc(C=NCCCCCCCN=Cc3ccc(OC(=O)c4ccc(OCC)cc4)cc3)cc2)cc1. The highest BCUT2D eigenvalue weighted by Crippen LogP contribution is 2.18. The van der Waals surface area contributed by atoms with Crippen LogP contribution in [0.1, 0.15) is 77.8 Å². The second-order valence-corrected chi connectivity index (χ2v) is 10.7. The normalized spacial score (nSPS) is 11.1. The first-order valence-corrected chi connectivity index (χ1v) is 16.1. The van der Waals surface area contributed by atoms with E-state index in [2.05, 4.69) is 9.98 Å². The molecule has 0 saturated heterocycles. The number of benzene rings is 4. The minimum atomic E-state index is -0.408. The van der Waals surface area contributed by atoms with Crippen molar-refractivity contribution in [3.05, 3.63) is 119 Å². The molecule has 0 saturated carbocycles. The summed E-state index contributed by atoms with van der Waals surface area (Å²) in [6.45, 7) is 6.53. The number of aliphatic imine (C=N–C) groups is 2. The van der Waals surface area contributed by atoms with Gasteiger partial charge in [-0.05, 0) is 135 Å². The van der Waals surface area contributed by atoms with Crippen LogP contribution in [-0.2, 0) is 0 Å². The second kappa shape index (κ2) is 19.3. The molecule has 4 aromatic carbocycles. The lowest BCUT2D eigenvalue weighted by molar-refractivity contribution is 0.0725. The lowest BCUT2D eigenvalue weighted by atomic mass is 10.1. The zero-order valence-corrected chi connectivity index (χ0v) is 27.1. The third kappa shape index (κ3) is 12.2. The molecule has 0 radical (unpaired) electrons. The van der Waals surface area contributed by atoms with Crippen LogP contribution in [0.25, 0.3) is 0 Å². The fourth-order valence-corrected chi connectivity index (χ4v) is 4.56. The van der Waals surface area contributed by atoms with Crippen molar-refractivity contribution < 1.29 is 28.5 Å². The molecular formula is C39H42N2O6. The van der Waals surface area contributed by atoms with Gasteiger partial charge in [-0.3, -0.25) is 9.98 Å². The lowest BCUT2D eigenvalue weighted by Crippen LogP contribution is -2.08. The van der Waals surface area contributed by atoms with E-state index in [0.29, 0.717) is 35.8 Å². The van der Waals surface area contributed by atoms with Gasteiger partial charge in [0.1, 0.15) is 23.0 Å². The molecule has 0 heterocycles. The maximum atomic E-state index is 12.4. The van der Waals surface area contributed by atoms with Crippen molar-refractivity contribution >= 4 is 24.4 Å². The average molecular weight is 635 g/mol. The first kappa shape index (κ1) is 34.6. The number of ether oxygens (including phenoxy) is 4. The van der Waals surface area contributed by atoms with Crippen LogP contribution in [-0.4, -0.2) is 50.7 Å². The monoisotopic (exact) mass is 634 g/mol. The maximum Gasteiger partial charge on any atom is 0.343 e. The number of unbranched alkanes of at least 4 members (excludes halogenated alkanes) is 4. The molecule has 8 heteroatoms. The number of rotatable bonds is 18. The zero-order chi connectivity index (χ0) is 33.1. The molecule has 0 spiro atoms. The summed E-state index contributed by atoms with van der Waals surface area (Å²) < 4.78 is 21.7. The Morgan fingerprint density at radius 2 is 0.830 bits per heavy atom. The summed E-state index contributed by atoms with van der Waals surface area (Å²) >= 11 is 0. The Morgan fingerprint density at radius 3 is 1.19 bits per heavy atom. The minimum Gasteiger partial charge on any atom is -0.494 e. The van der Waals surface area contributed by atoms with E-state index in [4.69, 9.17) is 18.9 Å². The molecule has 0 bridgehead atoms. The standard InChI is InChI=1S/C39H42N2O6/c1-3-44-34-22-14-32(15-23-34)38(42)46-36-18-10-30(11-19-36)28-40-26-8-6-5-7-9-27-41-29-31-12-20-37(21-13-31)47-39(43)33-16-24-35(25-17-33)45-4-2/h10-25,28-29H,3-9,26-27H2,1-2H3. The summed E-state index contributed by atoms with van der Waals surface area (Å²) in [5, 5.41) is 0. The third-order valence-corrected chi connectivity index (χ3v) is 7.04. The van der Waals surface area contributed by atoms with Crippen LogP contribution >= 0.6 is 0 Å². The highest BCUT2D eigenvalue weighted by atomic mass is 16.5. The van der Waals surface area contributed by atoms with E-state index in [0.717, 1.165) is 67.8 Å². The van der Waals surface area contributed by atoms with Crippen molar-refractivity contribution in [1.82, 2.24) is 0 Å². The van der Waals surface area contributed by atoms with Crippen molar-refractivity contribution in [2.45, 2.75) is 46.0 Å². The van der Waals surface area contributed by atoms with Crippen LogP contribution in [0.2, 0.25) is 0 Å². The van der Waals surface area contributed by atoms with E-state index < -0.39 is 11.9 Å². The summed E-state index contributed by atoms with van der Waals surface area (Å²) in [7, 11) is 0. The molecule has 0 aromatic heterocycles. The predicted molar refractivity (Wildman–Crippen MR) is 186 cm³/mol. The molecule has 244 valence electrons. The first-order chi connectivity index (χ1) is 23.0. The minimum absolute atomic E-state index is 0.408. The third-order valence-electron chi connectivity index (χ3n) is 7.04. The molecular weight excluding hydrogens is 592 g/mol. The van der Waals surface area contributed by atoms with Gasteiger partial charge in [0.2, 0.25) is 0 Å². The van der Waals surface area contributed by atoms with E-state index >= 15 is 0 Å². The molecule has 0 aliphatic carbocycles. The summed E-state index contributed by atoms with van der Waals surface area (Å²) in [5.41, 5.74) is 2.86. The summed E-state index contributed by atoms with van der Waals surface area (Å²) in [5.74, 6) is 1.60. The number of esters is 2. The molecule has 4 aromatic rings. The summed E-state index contributed by atoms with van der Waals surface area (Å²) in [6.07, 6.45) is 9.17. The molecule has 0 aliphatic rings. The van der Waals surface area contributed by atoms with Gasteiger partial charge in [0.15, 0.2) is 0 Å². The van der Waals surface area contributed by atoms with Gasteiger partial charge in [-0.1, -0.05) is 19.3 Å². The molecule has 0 atom stereocenters. The number of carbonyl (C=O) groups excluding carboxylic acids is 2. The lowest BCUT2D eigenvalue weighted by Gasteiger charge is -2.06. The van der Waals surface area contributed by atoms with E-state index in [1.165, 1.54) is 0 Å². The molecule has 4 rings (SSSR count). The molecule has 47 heavy (non-hydrogen) atoms. The van der Waals surface area contributed by atoms with Gasteiger partial charge in [-0.15, -0.1) is 0 Å². The van der Waals surface area contributed by atoms with Gasteiger partial charge in [-0.2, -0.15) is 0 Å². The maximum absolute atomic E-state index is 12.4. The Kier molecular flexibility index (Phi) is 14.2. The van der Waals surface area contributed by atoms with E-state index in [1.807, 2.05) is 50.5 Å². The summed E-state index contributed by atoms with van der Waals surface area (Å²) in [6, 6.07) is 28.4. The van der Waals surface area contributed by atoms with Crippen LogP contribution in [0.5, 0.6) is 23.0 Å². The van der Waals surface area contributed by atoms with Crippen LogP contribution in [0.4, 0.5) is 0 Å². The van der Waals surface area contributed by atoms with Gasteiger partial charge < -0.3 is 18.9 Å². The van der Waals surface area contributed by atoms with Gasteiger partial charge in [0.05, 0.1) is 24.3 Å². The second-order valence-electron chi connectivity index (χ2n) is 10.7. The largest absolute Gasteiger partial charge is 0.494 e. The number of carbonyl (C=O) groups is 2. The zero-order valence-electron chi connectivity index (χ0n) is 27.1. The first-order valence-electron chi connectivity index (χ1n) is 16.1. The van der Waals surface area contributed by atoms with Gasteiger partial charge in [0, 0.05) is 25.5 Å². The number of hydrogen-bond acceptors (Lipinski definition) is 8. The van der Waals surface area contributed by atoms with Crippen molar-refractivity contribution in [2.75, 3.05) is 26.3 Å². The fraction of sp³-hybridized carbons (Fsp3) is 0.282. The Labute approximate surface area is 277 Å². The van der Waals surface area contributed by atoms with E-state index in [1.54, 1.807) is 72.8 Å². The Bertz CT molecular complexity index is 1460. The van der Waals surface area contributed by atoms with Crippen molar-refractivity contribution in [3.63, 3.8) is 0 Å². The number of hydrogen-bond donors (Lipinski definition) is 0. The predicted octanol–water partition coefficient (Wildman–Crippen LogP) is 8.41. The highest BCUT2D eigenvalue weighted by Gasteiger charge is 2.10. The van der Waals surface area contributed by atoms with Crippen LogP contribution in [0, 0.1) is 0 Å². The van der Waals surface area contributed by atoms with Crippen LogP contribution < -0.4 is 18.9 Å². The Hall–Kier alpha value is -5.24. The molecule has 0 N–H and O–H groups in total. The van der Waals surface area contributed by atoms with E-state index in [9.17, 15) is 9.59 Å². The summed E-state index contributed by atoms with van der Waals surface area (Å²) in [4.78, 5) is 33.8. The van der Waals surface area contributed by atoms with Crippen molar-refractivity contribution in [2.24, 2.45) is 9.98 Å². The topological polar surface area (TPSA) is 95.8 Å². The van der Waals surface area contributed by atoms with Crippen LogP contribution in [0.15, 0.2) is 107 Å². The molecule has 8 nitrogen and oxygen atoms in total. The Balaban J connectivity index is 1.04. The van der Waals surface area contributed by atoms with Crippen molar-refractivity contribution in [1.29, 1.82) is 0 Å².